The molecule has 9 aromatic carbocycles. The maximum Gasteiger partial charge on any atom is 0.143 e. The molecule has 3 aromatic heterocycles. The highest BCUT2D eigenvalue weighted by atomic mass is 32.1. The van der Waals surface area contributed by atoms with Crippen molar-refractivity contribution in [1.29, 1.82) is 0 Å². The van der Waals surface area contributed by atoms with Gasteiger partial charge in [-0.2, -0.15) is 0 Å². The average Bonchev–Trinajstić information content (AvgIpc) is 3.97. The molecule has 0 fully saturated rings. The third-order valence-electron chi connectivity index (χ3n) is 11.6. The Bertz CT molecular complexity index is 3480. The number of aromatic nitrogens is 1. The quantitative estimate of drug-likeness (QED) is 0.168. The van der Waals surface area contributed by atoms with Crippen LogP contribution in [0.25, 0.3) is 91.9 Å². The molecule has 0 aliphatic rings. The van der Waals surface area contributed by atoms with Crippen LogP contribution in [0, 0.1) is 0 Å². The minimum absolute atomic E-state index is 0.892. The molecule has 4 heteroatoms. The summed E-state index contributed by atoms with van der Waals surface area (Å²) < 4.78 is 11.6. The summed E-state index contributed by atoms with van der Waals surface area (Å²) in [5.41, 5.74) is 13.1. The molecule has 0 N–H and O–H groups in total. The van der Waals surface area contributed by atoms with Gasteiger partial charge in [0.1, 0.15) is 11.2 Å². The van der Waals surface area contributed by atoms with Crippen molar-refractivity contribution < 1.29 is 4.42 Å². The summed E-state index contributed by atoms with van der Waals surface area (Å²) in [5, 5.41) is 7.28. The molecule has 0 amide bonds. The number of hydrogen-bond acceptors (Lipinski definition) is 3. The Morgan fingerprint density at radius 2 is 1.07 bits per heavy atom. The minimum Gasteiger partial charge on any atom is -0.455 e. The van der Waals surface area contributed by atoms with Crippen LogP contribution in [0.3, 0.4) is 0 Å². The Balaban J connectivity index is 1.15. The second-order valence-corrected chi connectivity index (χ2v) is 15.9. The van der Waals surface area contributed by atoms with Gasteiger partial charge in [-0.3, -0.25) is 0 Å². The van der Waals surface area contributed by atoms with E-state index >= 15 is 0 Å². The summed E-state index contributed by atoms with van der Waals surface area (Å²) >= 11 is 1.87. The van der Waals surface area contributed by atoms with E-state index < -0.39 is 0 Å². The topological polar surface area (TPSA) is 21.3 Å². The number of furan rings is 1. The van der Waals surface area contributed by atoms with Gasteiger partial charge in [-0.1, -0.05) is 146 Å². The lowest BCUT2D eigenvalue weighted by atomic mass is 9.96. The summed E-state index contributed by atoms with van der Waals surface area (Å²) in [6.45, 7) is 0. The molecular weight excluding hydrogens is 725 g/mol. The summed E-state index contributed by atoms with van der Waals surface area (Å²) in [5.74, 6) is 0. The maximum atomic E-state index is 6.66. The van der Waals surface area contributed by atoms with Crippen LogP contribution in [0.4, 0.5) is 17.1 Å². The number of hydrogen-bond donors (Lipinski definition) is 0. The van der Waals surface area contributed by atoms with E-state index in [1.54, 1.807) is 0 Å². The minimum atomic E-state index is 0.892. The number of rotatable bonds is 6. The molecule has 12 rings (SSSR count). The van der Waals surface area contributed by atoms with Gasteiger partial charge in [0, 0.05) is 69.8 Å². The Morgan fingerprint density at radius 3 is 1.90 bits per heavy atom. The second kappa shape index (κ2) is 13.1. The van der Waals surface area contributed by atoms with Gasteiger partial charge < -0.3 is 13.9 Å². The lowest BCUT2D eigenvalue weighted by molar-refractivity contribution is 0.670. The zero-order valence-electron chi connectivity index (χ0n) is 31.3. The van der Waals surface area contributed by atoms with E-state index in [9.17, 15) is 0 Å². The lowest BCUT2D eigenvalue weighted by Gasteiger charge is -2.30. The average molecular weight is 759 g/mol. The van der Waals surface area contributed by atoms with Gasteiger partial charge in [0.25, 0.3) is 0 Å². The van der Waals surface area contributed by atoms with Crippen molar-refractivity contribution in [2.24, 2.45) is 0 Å². The van der Waals surface area contributed by atoms with Gasteiger partial charge >= 0.3 is 0 Å². The summed E-state index contributed by atoms with van der Waals surface area (Å²) in [4.78, 5) is 2.45. The fourth-order valence-electron chi connectivity index (χ4n) is 9.09. The molecule has 58 heavy (non-hydrogen) atoms. The van der Waals surface area contributed by atoms with Crippen LogP contribution in [0.2, 0.25) is 0 Å². The smallest absolute Gasteiger partial charge is 0.143 e. The highest BCUT2D eigenvalue weighted by Gasteiger charge is 2.25. The van der Waals surface area contributed by atoms with Crippen molar-refractivity contribution >= 4 is 92.3 Å². The third kappa shape index (κ3) is 4.99. The number of nitrogens with zero attached hydrogens (tertiary/aromatic N) is 2. The Labute approximate surface area is 338 Å². The monoisotopic (exact) mass is 758 g/mol. The highest BCUT2D eigenvalue weighted by Crippen LogP contribution is 2.51. The second-order valence-electron chi connectivity index (χ2n) is 14.8. The molecule has 0 radical (unpaired) electrons. The standard InChI is InChI=1S/C54H34N2OS/c1-2-17-36(18-3-1)55(48-29-11-6-22-40(48)43-25-15-26-44-41-23-7-12-30-50(41)57-53(43)44)49-33-32-45-42-24-8-13-31-51(42)58-54(45)52(49)35-16-14-19-37(34-35)56-46-27-9-4-20-38(46)39-21-5-10-28-47(39)56/h1-34H. The van der Waals surface area contributed by atoms with Crippen LogP contribution in [0.5, 0.6) is 0 Å². The fourth-order valence-corrected chi connectivity index (χ4v) is 10.4. The van der Waals surface area contributed by atoms with Crippen molar-refractivity contribution in [2.45, 2.75) is 0 Å². The van der Waals surface area contributed by atoms with Crippen molar-refractivity contribution in [3.05, 3.63) is 206 Å². The Kier molecular flexibility index (Phi) is 7.40. The molecule has 0 unspecified atom stereocenters. The molecule has 0 saturated carbocycles. The first-order valence-electron chi connectivity index (χ1n) is 19.7. The van der Waals surface area contributed by atoms with Gasteiger partial charge in [0.15, 0.2) is 0 Å². The van der Waals surface area contributed by atoms with Gasteiger partial charge in [0.2, 0.25) is 0 Å². The predicted octanol–water partition coefficient (Wildman–Crippen LogP) is 15.9. The number of anilines is 3. The zero-order valence-corrected chi connectivity index (χ0v) is 32.2. The summed E-state index contributed by atoms with van der Waals surface area (Å²) in [7, 11) is 0. The third-order valence-corrected chi connectivity index (χ3v) is 12.8. The highest BCUT2D eigenvalue weighted by molar-refractivity contribution is 7.26. The van der Waals surface area contributed by atoms with E-state index in [0.29, 0.717) is 0 Å². The molecule has 272 valence electrons. The summed E-state index contributed by atoms with van der Waals surface area (Å²) in [6.07, 6.45) is 0. The molecular formula is C54H34N2OS. The van der Waals surface area contributed by atoms with E-state index in [2.05, 4.69) is 210 Å². The normalized spacial score (nSPS) is 11.8. The van der Waals surface area contributed by atoms with Crippen LogP contribution in [-0.4, -0.2) is 4.57 Å². The number of thiophene rings is 1. The first-order valence-corrected chi connectivity index (χ1v) is 20.5. The molecule has 12 aromatic rings. The molecule has 0 atom stereocenters. The molecule has 3 heterocycles. The van der Waals surface area contributed by atoms with Crippen molar-refractivity contribution in [3.63, 3.8) is 0 Å². The van der Waals surface area contributed by atoms with Crippen molar-refractivity contribution in [2.75, 3.05) is 4.90 Å². The van der Waals surface area contributed by atoms with Gasteiger partial charge in [-0.25, -0.2) is 0 Å². The SMILES string of the molecule is c1ccc(N(c2ccccc2-c2cccc3c2oc2ccccc23)c2ccc3c(sc4ccccc43)c2-c2cccc(-n3c4ccccc4c4ccccc43)c2)cc1. The predicted molar refractivity (Wildman–Crippen MR) is 247 cm³/mol. The largest absolute Gasteiger partial charge is 0.455 e. The molecule has 0 bridgehead atoms. The van der Waals surface area contributed by atoms with Gasteiger partial charge in [0.05, 0.1) is 22.4 Å². The van der Waals surface area contributed by atoms with Crippen LogP contribution >= 0.6 is 11.3 Å². The van der Waals surface area contributed by atoms with E-state index in [0.717, 1.165) is 61.4 Å². The molecule has 3 nitrogen and oxygen atoms in total. The van der Waals surface area contributed by atoms with E-state index in [4.69, 9.17) is 4.42 Å². The molecule has 0 aliphatic carbocycles. The molecule has 0 spiro atoms. The lowest BCUT2D eigenvalue weighted by Crippen LogP contribution is -2.12. The van der Waals surface area contributed by atoms with Crippen molar-refractivity contribution in [3.8, 4) is 27.9 Å². The molecule has 0 aliphatic heterocycles. The van der Waals surface area contributed by atoms with Gasteiger partial charge in [-0.05, 0) is 66.2 Å². The number of para-hydroxylation sites is 6. The Morgan fingerprint density at radius 1 is 0.431 bits per heavy atom. The maximum absolute atomic E-state index is 6.66. The van der Waals surface area contributed by atoms with Crippen LogP contribution in [0.1, 0.15) is 0 Å². The molecule has 0 saturated heterocycles. The summed E-state index contributed by atoms with van der Waals surface area (Å²) in [6, 6.07) is 74.4. The number of benzene rings is 9. The van der Waals surface area contributed by atoms with E-state index in [1.165, 1.54) is 47.5 Å². The van der Waals surface area contributed by atoms with E-state index in [-0.39, 0.29) is 0 Å². The zero-order chi connectivity index (χ0) is 38.2. The number of fused-ring (bicyclic) bond motifs is 9. The fraction of sp³-hybridized carbons (Fsp3) is 0. The first kappa shape index (κ1) is 32.8. The van der Waals surface area contributed by atoms with E-state index in [1.807, 2.05) is 17.4 Å². The first-order chi connectivity index (χ1) is 28.8. The Hall–Kier alpha value is -7.40. The van der Waals surface area contributed by atoms with Crippen LogP contribution < -0.4 is 4.90 Å². The van der Waals surface area contributed by atoms with Crippen LogP contribution in [0.15, 0.2) is 211 Å². The van der Waals surface area contributed by atoms with Crippen molar-refractivity contribution in [1.82, 2.24) is 4.57 Å². The van der Waals surface area contributed by atoms with Gasteiger partial charge in [-0.15, -0.1) is 11.3 Å². The van der Waals surface area contributed by atoms with Crippen LogP contribution in [-0.2, 0) is 0 Å².